The lowest BCUT2D eigenvalue weighted by Gasteiger charge is -2.10. The van der Waals surface area contributed by atoms with Crippen molar-refractivity contribution in [3.05, 3.63) is 88.8 Å². The van der Waals surface area contributed by atoms with Gasteiger partial charge < -0.3 is 15.6 Å². The number of nitrogens with zero attached hydrogens (tertiary/aromatic N) is 2. The first-order valence-electron chi connectivity index (χ1n) is 9.68. The van der Waals surface area contributed by atoms with Gasteiger partial charge in [-0.15, -0.1) is 11.3 Å². The number of fused-ring (bicyclic) bond motifs is 2. The van der Waals surface area contributed by atoms with Crippen LogP contribution in [0.15, 0.2) is 72.8 Å². The van der Waals surface area contributed by atoms with E-state index in [4.69, 9.17) is 10.7 Å². The molecule has 6 heteroatoms. The average molecular weight is 413 g/mol. The molecule has 0 fully saturated rings. The predicted octanol–water partition coefficient (Wildman–Crippen LogP) is 5.45. The number of hydrogen-bond acceptors (Lipinski definition) is 4. The zero-order chi connectivity index (χ0) is 20.7. The largest absolute Gasteiger partial charge is 0.366 e. The van der Waals surface area contributed by atoms with Crippen molar-refractivity contribution in [1.29, 1.82) is 0 Å². The summed E-state index contributed by atoms with van der Waals surface area (Å²) in [4.78, 5) is 17.6. The van der Waals surface area contributed by atoms with E-state index in [2.05, 4.69) is 59.3 Å². The minimum Gasteiger partial charge on any atom is -0.366 e. The van der Waals surface area contributed by atoms with Crippen LogP contribution in [0.25, 0.3) is 21.1 Å². The number of aryl methyl sites for hydroxylation is 1. The molecule has 5 rings (SSSR count). The van der Waals surface area contributed by atoms with E-state index in [-0.39, 0.29) is 0 Å². The zero-order valence-electron chi connectivity index (χ0n) is 16.4. The molecule has 30 heavy (non-hydrogen) atoms. The van der Waals surface area contributed by atoms with Crippen LogP contribution in [0.4, 0.5) is 11.6 Å². The van der Waals surface area contributed by atoms with Crippen LogP contribution in [0.3, 0.4) is 0 Å². The number of benzene rings is 3. The number of primary amides is 1. The number of amides is 1. The molecule has 0 saturated carbocycles. The summed E-state index contributed by atoms with van der Waals surface area (Å²) in [7, 11) is 0. The Bertz CT molecular complexity index is 1350. The predicted molar refractivity (Wildman–Crippen MR) is 124 cm³/mol. The van der Waals surface area contributed by atoms with Crippen LogP contribution in [0.1, 0.15) is 20.8 Å². The lowest BCUT2D eigenvalue weighted by Crippen LogP contribution is -2.10. The average Bonchev–Trinajstić information content (AvgIpc) is 3.30. The first-order valence-corrected chi connectivity index (χ1v) is 10.5. The minimum atomic E-state index is -0.455. The van der Waals surface area contributed by atoms with Gasteiger partial charge in [-0.05, 0) is 54.8 Å². The van der Waals surface area contributed by atoms with Gasteiger partial charge in [0.05, 0.1) is 17.6 Å². The highest BCUT2D eigenvalue weighted by Crippen LogP contribution is 2.30. The van der Waals surface area contributed by atoms with E-state index in [9.17, 15) is 4.79 Å². The number of hydrogen-bond donors (Lipinski definition) is 2. The normalized spacial score (nSPS) is 11.2. The van der Waals surface area contributed by atoms with E-state index < -0.39 is 5.91 Å². The van der Waals surface area contributed by atoms with Crippen LogP contribution < -0.4 is 11.1 Å². The number of nitrogens with one attached hydrogen (secondary N) is 1. The molecule has 0 atom stereocenters. The Kier molecular flexibility index (Phi) is 4.48. The fraction of sp³-hybridized carbons (Fsp3) is 0.0833. The molecule has 0 aliphatic heterocycles. The third kappa shape index (κ3) is 3.42. The summed E-state index contributed by atoms with van der Waals surface area (Å²) in [6, 6.07) is 24.2. The number of nitrogens with two attached hydrogens (primary N) is 1. The van der Waals surface area contributed by atoms with E-state index in [0.717, 1.165) is 22.7 Å². The van der Waals surface area contributed by atoms with E-state index in [1.54, 1.807) is 23.5 Å². The van der Waals surface area contributed by atoms with Crippen molar-refractivity contribution < 1.29 is 4.79 Å². The topological polar surface area (TPSA) is 72.9 Å². The Labute approximate surface area is 177 Å². The fourth-order valence-corrected chi connectivity index (χ4v) is 4.63. The molecule has 0 bridgehead atoms. The summed E-state index contributed by atoms with van der Waals surface area (Å²) in [5, 5.41) is 4.67. The van der Waals surface area contributed by atoms with Gasteiger partial charge >= 0.3 is 0 Å². The number of thiophene rings is 1. The number of carbonyl (C=O) groups is 1. The molecule has 1 amide bonds. The SMILES string of the molecule is Cc1ccc(Nc2nc3cc(C(N)=O)ccc3n2Cc2cc3ccccc3s2)cc1. The maximum Gasteiger partial charge on any atom is 0.248 e. The van der Waals surface area contributed by atoms with E-state index in [1.807, 2.05) is 18.2 Å². The number of anilines is 2. The lowest BCUT2D eigenvalue weighted by atomic mass is 10.2. The van der Waals surface area contributed by atoms with Gasteiger partial charge in [-0.1, -0.05) is 35.9 Å². The second kappa shape index (κ2) is 7.31. The minimum absolute atomic E-state index is 0.455. The molecular weight excluding hydrogens is 392 g/mol. The smallest absolute Gasteiger partial charge is 0.248 e. The van der Waals surface area contributed by atoms with Crippen LogP contribution in [0.2, 0.25) is 0 Å². The number of rotatable bonds is 5. The molecule has 5 nitrogen and oxygen atoms in total. The third-order valence-corrected chi connectivity index (χ3v) is 6.23. The monoisotopic (exact) mass is 412 g/mol. The Hall–Kier alpha value is -3.64. The van der Waals surface area contributed by atoms with Gasteiger partial charge in [0.2, 0.25) is 11.9 Å². The molecular formula is C24H20N4OS. The van der Waals surface area contributed by atoms with Crippen molar-refractivity contribution in [1.82, 2.24) is 9.55 Å². The molecule has 2 aromatic heterocycles. The Morgan fingerprint density at radius 1 is 1.07 bits per heavy atom. The van der Waals surface area contributed by atoms with Gasteiger partial charge in [-0.3, -0.25) is 4.79 Å². The quantitative estimate of drug-likeness (QED) is 0.403. The summed E-state index contributed by atoms with van der Waals surface area (Å²) in [6.07, 6.45) is 0. The Morgan fingerprint density at radius 3 is 2.63 bits per heavy atom. The summed E-state index contributed by atoms with van der Waals surface area (Å²) in [5.41, 5.74) is 9.77. The molecule has 0 aliphatic rings. The summed E-state index contributed by atoms with van der Waals surface area (Å²) < 4.78 is 3.41. The third-order valence-electron chi connectivity index (χ3n) is 5.13. The Morgan fingerprint density at radius 2 is 1.87 bits per heavy atom. The summed E-state index contributed by atoms with van der Waals surface area (Å²) >= 11 is 1.78. The molecule has 0 saturated heterocycles. The molecule has 3 aromatic carbocycles. The van der Waals surface area contributed by atoms with Gasteiger partial charge in [-0.25, -0.2) is 4.98 Å². The molecule has 3 N–H and O–H groups in total. The maximum absolute atomic E-state index is 11.6. The fourth-order valence-electron chi connectivity index (χ4n) is 3.58. The van der Waals surface area contributed by atoms with Crippen molar-refractivity contribution >= 4 is 50.0 Å². The molecule has 0 aliphatic carbocycles. The second-order valence-electron chi connectivity index (χ2n) is 7.33. The van der Waals surface area contributed by atoms with E-state index in [0.29, 0.717) is 12.1 Å². The first-order chi connectivity index (χ1) is 14.6. The number of aromatic nitrogens is 2. The molecule has 0 unspecified atom stereocenters. The highest BCUT2D eigenvalue weighted by atomic mass is 32.1. The molecule has 2 heterocycles. The van der Waals surface area contributed by atoms with Crippen molar-refractivity contribution in [2.75, 3.05) is 5.32 Å². The van der Waals surface area contributed by atoms with Crippen molar-refractivity contribution in [2.45, 2.75) is 13.5 Å². The summed E-state index contributed by atoms with van der Waals surface area (Å²) in [6.45, 7) is 2.74. The van der Waals surface area contributed by atoms with Crippen LogP contribution in [-0.4, -0.2) is 15.5 Å². The van der Waals surface area contributed by atoms with Crippen LogP contribution in [0.5, 0.6) is 0 Å². The molecule has 148 valence electrons. The molecule has 0 spiro atoms. The van der Waals surface area contributed by atoms with Crippen molar-refractivity contribution in [2.24, 2.45) is 5.73 Å². The maximum atomic E-state index is 11.6. The lowest BCUT2D eigenvalue weighted by molar-refractivity contribution is 0.100. The van der Waals surface area contributed by atoms with Gasteiger partial charge in [0.25, 0.3) is 0 Å². The highest BCUT2D eigenvalue weighted by molar-refractivity contribution is 7.19. The number of carbonyl (C=O) groups excluding carboxylic acids is 1. The van der Waals surface area contributed by atoms with Crippen molar-refractivity contribution in [3.63, 3.8) is 0 Å². The van der Waals surface area contributed by atoms with Crippen LogP contribution >= 0.6 is 11.3 Å². The standard InChI is InChI=1S/C24H20N4OS/c1-15-6-9-18(10-7-15)26-24-27-20-13-17(23(25)29)8-11-21(20)28(24)14-19-12-16-4-2-3-5-22(16)30-19/h2-13H,14H2,1H3,(H2,25,29)(H,26,27). The zero-order valence-corrected chi connectivity index (χ0v) is 17.2. The molecule has 5 aromatic rings. The highest BCUT2D eigenvalue weighted by Gasteiger charge is 2.14. The second-order valence-corrected chi connectivity index (χ2v) is 8.50. The van der Waals surface area contributed by atoms with E-state index >= 15 is 0 Å². The van der Waals surface area contributed by atoms with E-state index in [1.165, 1.54) is 20.5 Å². The van der Waals surface area contributed by atoms with Gasteiger partial charge in [0, 0.05) is 20.8 Å². The van der Waals surface area contributed by atoms with Crippen molar-refractivity contribution in [3.8, 4) is 0 Å². The first kappa shape index (κ1) is 18.4. The van der Waals surface area contributed by atoms with Crippen LogP contribution in [0, 0.1) is 6.92 Å². The Balaban J connectivity index is 1.60. The van der Waals surface area contributed by atoms with Gasteiger partial charge in [0.1, 0.15) is 0 Å². The molecule has 0 radical (unpaired) electrons. The van der Waals surface area contributed by atoms with Gasteiger partial charge in [0.15, 0.2) is 0 Å². The van der Waals surface area contributed by atoms with Gasteiger partial charge in [-0.2, -0.15) is 0 Å². The van der Waals surface area contributed by atoms with Crippen LogP contribution in [-0.2, 0) is 6.54 Å². The number of imidazole rings is 1. The summed E-state index contributed by atoms with van der Waals surface area (Å²) in [5.74, 6) is 0.275.